The summed E-state index contributed by atoms with van der Waals surface area (Å²) in [5.74, 6) is -0.539. The van der Waals surface area contributed by atoms with Crippen molar-refractivity contribution in [3.63, 3.8) is 0 Å². The number of carbonyl (C=O) groups excluding carboxylic acids is 1. The Labute approximate surface area is 124 Å². The summed E-state index contributed by atoms with van der Waals surface area (Å²) < 4.78 is 13.8. The van der Waals surface area contributed by atoms with Crippen LogP contribution in [0.25, 0.3) is 0 Å². The second-order valence-electron chi connectivity index (χ2n) is 6.20. The lowest BCUT2D eigenvalue weighted by atomic mass is 9.80. The van der Waals surface area contributed by atoms with Crippen molar-refractivity contribution in [2.45, 2.75) is 50.7 Å². The minimum Gasteiger partial charge on any atom is -0.393 e. The maximum Gasteiger partial charge on any atom is 0.257 e. The van der Waals surface area contributed by atoms with Crippen molar-refractivity contribution in [3.05, 3.63) is 35.6 Å². The Kier molecular flexibility index (Phi) is 4.24. The summed E-state index contributed by atoms with van der Waals surface area (Å²) in [5, 5.41) is 10.2. The fourth-order valence-corrected chi connectivity index (χ4v) is 3.87. The van der Waals surface area contributed by atoms with Crippen molar-refractivity contribution in [1.82, 2.24) is 4.90 Å². The molecule has 3 rings (SSSR count). The maximum atomic E-state index is 13.8. The average molecular weight is 291 g/mol. The number of halogens is 1. The van der Waals surface area contributed by atoms with E-state index < -0.39 is 5.82 Å². The van der Waals surface area contributed by atoms with E-state index in [0.29, 0.717) is 6.54 Å². The normalized spacial score (nSPS) is 29.6. The van der Waals surface area contributed by atoms with Crippen LogP contribution in [-0.4, -0.2) is 34.6 Å². The molecule has 114 valence electrons. The van der Waals surface area contributed by atoms with Crippen LogP contribution < -0.4 is 0 Å². The van der Waals surface area contributed by atoms with Gasteiger partial charge in [-0.25, -0.2) is 4.39 Å². The van der Waals surface area contributed by atoms with Crippen molar-refractivity contribution in [2.24, 2.45) is 5.92 Å². The van der Waals surface area contributed by atoms with Crippen LogP contribution >= 0.6 is 0 Å². The molecule has 1 aliphatic carbocycles. The highest BCUT2D eigenvalue weighted by Crippen LogP contribution is 2.35. The standard InChI is InChI=1S/C17H22FNO2/c18-14-8-3-1-6-12(14)17(21)19-11-5-9-15(19)13-7-2-4-10-16(13)20/h1,3,6,8,13,15-16,20H,2,4-5,7,9-11H2. The number of aliphatic hydroxyl groups excluding tert-OH is 1. The summed E-state index contributed by atoms with van der Waals surface area (Å²) in [7, 11) is 0. The van der Waals surface area contributed by atoms with Gasteiger partial charge in [-0.3, -0.25) is 4.79 Å². The van der Waals surface area contributed by atoms with Gasteiger partial charge in [0.25, 0.3) is 5.91 Å². The zero-order chi connectivity index (χ0) is 14.8. The molecule has 3 nitrogen and oxygen atoms in total. The van der Waals surface area contributed by atoms with E-state index in [4.69, 9.17) is 0 Å². The molecule has 1 amide bonds. The summed E-state index contributed by atoms with van der Waals surface area (Å²) in [6.45, 7) is 0.668. The number of benzene rings is 1. The van der Waals surface area contributed by atoms with Crippen LogP contribution in [0.3, 0.4) is 0 Å². The first-order chi connectivity index (χ1) is 10.2. The number of amides is 1. The highest BCUT2D eigenvalue weighted by molar-refractivity contribution is 5.94. The van der Waals surface area contributed by atoms with E-state index in [-0.39, 0.29) is 29.5 Å². The lowest BCUT2D eigenvalue weighted by Gasteiger charge is -2.37. The van der Waals surface area contributed by atoms with Gasteiger partial charge >= 0.3 is 0 Å². The van der Waals surface area contributed by atoms with Gasteiger partial charge < -0.3 is 10.0 Å². The Balaban J connectivity index is 1.80. The third-order valence-corrected chi connectivity index (χ3v) is 4.94. The molecule has 21 heavy (non-hydrogen) atoms. The molecule has 4 heteroatoms. The van der Waals surface area contributed by atoms with Gasteiger partial charge in [0.15, 0.2) is 0 Å². The second-order valence-corrected chi connectivity index (χ2v) is 6.20. The summed E-state index contributed by atoms with van der Waals surface area (Å²) >= 11 is 0. The monoisotopic (exact) mass is 291 g/mol. The van der Waals surface area contributed by atoms with Gasteiger partial charge in [0.2, 0.25) is 0 Å². The zero-order valence-corrected chi connectivity index (χ0v) is 12.2. The highest BCUT2D eigenvalue weighted by Gasteiger charge is 2.39. The number of likely N-dealkylation sites (tertiary alicyclic amines) is 1. The fourth-order valence-electron chi connectivity index (χ4n) is 3.87. The minimum atomic E-state index is -0.461. The van der Waals surface area contributed by atoms with Crippen LogP contribution in [0.2, 0.25) is 0 Å². The lowest BCUT2D eigenvalue weighted by molar-refractivity contribution is 0.0210. The van der Waals surface area contributed by atoms with Crippen molar-refractivity contribution >= 4 is 5.91 Å². The smallest absolute Gasteiger partial charge is 0.257 e. The molecule has 0 spiro atoms. The first-order valence-electron chi connectivity index (χ1n) is 7.92. The summed E-state index contributed by atoms with van der Waals surface area (Å²) in [5.41, 5.74) is 0.148. The van der Waals surface area contributed by atoms with Gasteiger partial charge in [-0.1, -0.05) is 25.0 Å². The topological polar surface area (TPSA) is 40.5 Å². The number of hydrogen-bond acceptors (Lipinski definition) is 2. The van der Waals surface area contributed by atoms with Crippen LogP contribution in [0.15, 0.2) is 24.3 Å². The molecule has 1 aromatic carbocycles. The number of rotatable bonds is 2. The molecule has 1 heterocycles. The van der Waals surface area contributed by atoms with Crippen molar-refractivity contribution < 1.29 is 14.3 Å². The van der Waals surface area contributed by atoms with E-state index in [2.05, 4.69) is 0 Å². The van der Waals surface area contributed by atoms with E-state index in [1.165, 1.54) is 6.07 Å². The molecule has 0 aromatic heterocycles. The predicted molar refractivity (Wildman–Crippen MR) is 78.4 cm³/mol. The van der Waals surface area contributed by atoms with Crippen molar-refractivity contribution in [2.75, 3.05) is 6.54 Å². The lowest BCUT2D eigenvalue weighted by Crippen LogP contribution is -2.45. The molecule has 1 saturated carbocycles. The SMILES string of the molecule is O=C(c1ccccc1F)N1CCCC1C1CCCCC1O. The van der Waals surface area contributed by atoms with E-state index in [0.717, 1.165) is 38.5 Å². The maximum absolute atomic E-state index is 13.8. The molecule has 0 radical (unpaired) electrons. The van der Waals surface area contributed by atoms with Gasteiger partial charge in [0, 0.05) is 18.5 Å². The molecular formula is C17H22FNO2. The number of nitrogens with zero attached hydrogens (tertiary/aromatic N) is 1. The van der Waals surface area contributed by atoms with Crippen molar-refractivity contribution in [3.8, 4) is 0 Å². The van der Waals surface area contributed by atoms with Gasteiger partial charge in [0.05, 0.1) is 11.7 Å². The molecule has 0 bridgehead atoms. The molecule has 1 saturated heterocycles. The van der Waals surface area contributed by atoms with Gasteiger partial charge in [-0.15, -0.1) is 0 Å². The van der Waals surface area contributed by atoms with E-state index in [9.17, 15) is 14.3 Å². The molecule has 1 N–H and O–H groups in total. The van der Waals surface area contributed by atoms with E-state index >= 15 is 0 Å². The summed E-state index contributed by atoms with van der Waals surface area (Å²) in [6.07, 6.45) is 5.50. The van der Waals surface area contributed by atoms with Crippen molar-refractivity contribution in [1.29, 1.82) is 0 Å². The number of aliphatic hydroxyl groups is 1. The predicted octanol–water partition coefficient (Wildman–Crippen LogP) is 2.98. The number of hydrogen-bond donors (Lipinski definition) is 1. The third-order valence-electron chi connectivity index (χ3n) is 4.94. The van der Waals surface area contributed by atoms with E-state index in [1.54, 1.807) is 23.1 Å². The largest absolute Gasteiger partial charge is 0.393 e. The van der Waals surface area contributed by atoms with Crippen LogP contribution in [0.1, 0.15) is 48.9 Å². The zero-order valence-electron chi connectivity index (χ0n) is 12.2. The van der Waals surface area contributed by atoms with Crippen LogP contribution in [0.5, 0.6) is 0 Å². The molecule has 2 fully saturated rings. The second kappa shape index (κ2) is 6.14. The molecule has 2 aliphatic rings. The van der Waals surface area contributed by atoms with Gasteiger partial charge in [0.1, 0.15) is 5.82 Å². The first kappa shape index (κ1) is 14.5. The molecule has 1 aromatic rings. The minimum absolute atomic E-state index is 0.0624. The Bertz CT molecular complexity index is 519. The van der Waals surface area contributed by atoms with Crippen LogP contribution in [-0.2, 0) is 0 Å². The molecule has 1 aliphatic heterocycles. The Morgan fingerprint density at radius 1 is 1.14 bits per heavy atom. The van der Waals surface area contributed by atoms with Crippen LogP contribution in [0.4, 0.5) is 4.39 Å². The molecular weight excluding hydrogens is 269 g/mol. The quantitative estimate of drug-likeness (QED) is 0.910. The van der Waals surface area contributed by atoms with Gasteiger partial charge in [-0.2, -0.15) is 0 Å². The Hall–Kier alpha value is -1.42. The number of carbonyl (C=O) groups is 1. The molecule has 3 unspecified atom stereocenters. The summed E-state index contributed by atoms with van der Waals surface area (Å²) in [6, 6.07) is 6.22. The van der Waals surface area contributed by atoms with E-state index in [1.807, 2.05) is 0 Å². The van der Waals surface area contributed by atoms with Crippen LogP contribution in [0, 0.1) is 11.7 Å². The Morgan fingerprint density at radius 3 is 2.67 bits per heavy atom. The average Bonchev–Trinajstić information content (AvgIpc) is 2.97. The van der Waals surface area contributed by atoms with Gasteiger partial charge in [-0.05, 0) is 37.8 Å². The Morgan fingerprint density at radius 2 is 1.90 bits per heavy atom. The highest BCUT2D eigenvalue weighted by atomic mass is 19.1. The first-order valence-corrected chi connectivity index (χ1v) is 7.92. The fraction of sp³-hybridized carbons (Fsp3) is 0.588. The third kappa shape index (κ3) is 2.82. The molecule has 3 atom stereocenters. The summed E-state index contributed by atoms with van der Waals surface area (Å²) in [4.78, 5) is 14.4.